The molecule has 150 valence electrons. The van der Waals surface area contributed by atoms with Crippen LogP contribution in [0.5, 0.6) is 0 Å². The standard InChI is InChI=1S/C21H16N4O4S/c1-13(26)14-5-2-6-15(11-14)22-18(27)12-30-21-23-19(16-7-3-9-28-16)20(24-25-21)17-8-4-10-29-17/h2-11H,12H2,1H3,(H,22,27). The van der Waals surface area contributed by atoms with Gasteiger partial charge in [0.1, 0.15) is 5.69 Å². The summed E-state index contributed by atoms with van der Waals surface area (Å²) in [7, 11) is 0. The van der Waals surface area contributed by atoms with Gasteiger partial charge in [0.15, 0.2) is 23.0 Å². The Kier molecular flexibility index (Phi) is 5.71. The van der Waals surface area contributed by atoms with Crippen LogP contribution in [0.3, 0.4) is 0 Å². The van der Waals surface area contributed by atoms with Crippen LogP contribution in [-0.2, 0) is 4.79 Å². The summed E-state index contributed by atoms with van der Waals surface area (Å²) in [6, 6.07) is 13.8. The second kappa shape index (κ2) is 8.75. The molecule has 30 heavy (non-hydrogen) atoms. The summed E-state index contributed by atoms with van der Waals surface area (Å²) in [6.45, 7) is 1.48. The number of amides is 1. The highest BCUT2D eigenvalue weighted by Gasteiger charge is 2.18. The van der Waals surface area contributed by atoms with Crippen LogP contribution in [0.1, 0.15) is 17.3 Å². The average Bonchev–Trinajstić information content (AvgIpc) is 3.46. The Balaban J connectivity index is 1.48. The molecule has 3 aromatic heterocycles. The maximum atomic E-state index is 12.3. The molecule has 0 saturated carbocycles. The second-order valence-corrected chi connectivity index (χ2v) is 7.16. The van der Waals surface area contributed by atoms with Crippen molar-refractivity contribution in [3.63, 3.8) is 0 Å². The molecule has 0 aliphatic carbocycles. The highest BCUT2D eigenvalue weighted by Crippen LogP contribution is 2.30. The first-order valence-corrected chi connectivity index (χ1v) is 9.95. The van der Waals surface area contributed by atoms with E-state index in [2.05, 4.69) is 20.5 Å². The van der Waals surface area contributed by atoms with E-state index in [1.165, 1.54) is 13.2 Å². The van der Waals surface area contributed by atoms with Crippen molar-refractivity contribution in [3.8, 4) is 22.9 Å². The monoisotopic (exact) mass is 420 g/mol. The van der Waals surface area contributed by atoms with Gasteiger partial charge in [0.2, 0.25) is 11.1 Å². The first-order chi connectivity index (χ1) is 14.6. The Morgan fingerprint density at radius 3 is 2.37 bits per heavy atom. The first kappa shape index (κ1) is 19.6. The number of rotatable bonds is 7. The molecule has 0 saturated heterocycles. The fourth-order valence-electron chi connectivity index (χ4n) is 2.68. The van der Waals surface area contributed by atoms with Gasteiger partial charge in [-0.3, -0.25) is 9.59 Å². The third-order valence-corrected chi connectivity index (χ3v) is 4.90. The van der Waals surface area contributed by atoms with Gasteiger partial charge in [-0.15, -0.1) is 10.2 Å². The van der Waals surface area contributed by atoms with Crippen LogP contribution in [0, 0.1) is 0 Å². The minimum absolute atomic E-state index is 0.0675. The Hall–Kier alpha value is -3.72. The zero-order valence-electron chi connectivity index (χ0n) is 15.9. The van der Waals surface area contributed by atoms with E-state index in [4.69, 9.17) is 8.83 Å². The van der Waals surface area contributed by atoms with Crippen molar-refractivity contribution in [2.75, 3.05) is 11.1 Å². The number of Topliss-reactive ketones (excluding diaryl/α,β-unsaturated/α-hetero) is 1. The van der Waals surface area contributed by atoms with Gasteiger partial charge >= 0.3 is 0 Å². The summed E-state index contributed by atoms with van der Waals surface area (Å²) >= 11 is 1.14. The molecule has 8 nitrogen and oxygen atoms in total. The van der Waals surface area contributed by atoms with Crippen LogP contribution in [0.25, 0.3) is 22.9 Å². The Morgan fingerprint density at radius 2 is 1.70 bits per heavy atom. The summed E-state index contributed by atoms with van der Waals surface area (Å²) in [5.74, 6) is 0.787. The molecule has 0 unspecified atom stereocenters. The van der Waals surface area contributed by atoms with Crippen molar-refractivity contribution in [2.24, 2.45) is 0 Å². The van der Waals surface area contributed by atoms with Crippen LogP contribution in [0.4, 0.5) is 5.69 Å². The number of hydrogen-bond donors (Lipinski definition) is 1. The van der Waals surface area contributed by atoms with Gasteiger partial charge in [0, 0.05) is 11.3 Å². The fraction of sp³-hybridized carbons (Fsp3) is 0.0952. The van der Waals surface area contributed by atoms with Gasteiger partial charge in [-0.1, -0.05) is 23.9 Å². The van der Waals surface area contributed by atoms with E-state index < -0.39 is 0 Å². The molecule has 9 heteroatoms. The normalized spacial score (nSPS) is 10.7. The number of nitrogens with one attached hydrogen (secondary N) is 1. The van der Waals surface area contributed by atoms with Crippen molar-refractivity contribution in [1.29, 1.82) is 0 Å². The molecule has 0 aliphatic heterocycles. The first-order valence-electron chi connectivity index (χ1n) is 8.96. The summed E-state index contributed by atoms with van der Waals surface area (Å²) in [4.78, 5) is 28.3. The predicted molar refractivity (Wildman–Crippen MR) is 111 cm³/mol. The molecule has 4 aromatic rings. The molecule has 0 spiro atoms. The molecule has 3 heterocycles. The molecule has 1 aromatic carbocycles. The number of ketones is 1. The number of hydrogen-bond acceptors (Lipinski definition) is 8. The molecule has 0 bridgehead atoms. The zero-order valence-corrected chi connectivity index (χ0v) is 16.7. The fourth-order valence-corrected chi connectivity index (χ4v) is 3.27. The van der Waals surface area contributed by atoms with Gasteiger partial charge in [0.25, 0.3) is 0 Å². The molecule has 0 radical (unpaired) electrons. The van der Waals surface area contributed by atoms with E-state index in [-0.39, 0.29) is 17.4 Å². The van der Waals surface area contributed by atoms with Crippen LogP contribution in [0.15, 0.2) is 75.0 Å². The predicted octanol–water partition coefficient (Wildman–Crippen LogP) is 4.33. The summed E-state index contributed by atoms with van der Waals surface area (Å²) in [5, 5.41) is 11.4. The van der Waals surface area contributed by atoms with E-state index in [1.54, 1.807) is 54.8 Å². The lowest BCUT2D eigenvalue weighted by Gasteiger charge is -2.07. The number of aromatic nitrogens is 3. The molecular formula is C21H16N4O4S. The van der Waals surface area contributed by atoms with Crippen LogP contribution >= 0.6 is 11.8 Å². The molecule has 4 rings (SSSR count). The van der Waals surface area contributed by atoms with Gasteiger partial charge in [-0.25, -0.2) is 4.98 Å². The topological polar surface area (TPSA) is 111 Å². The number of anilines is 1. The third kappa shape index (κ3) is 4.47. The number of thioether (sulfide) groups is 1. The zero-order chi connectivity index (χ0) is 20.9. The Morgan fingerprint density at radius 1 is 0.967 bits per heavy atom. The van der Waals surface area contributed by atoms with Crippen molar-refractivity contribution in [2.45, 2.75) is 12.1 Å². The summed E-state index contributed by atoms with van der Waals surface area (Å²) in [6.07, 6.45) is 3.08. The largest absolute Gasteiger partial charge is 0.463 e. The van der Waals surface area contributed by atoms with Gasteiger partial charge in [-0.05, 0) is 43.3 Å². The highest BCUT2D eigenvalue weighted by molar-refractivity contribution is 7.99. The van der Waals surface area contributed by atoms with E-state index in [9.17, 15) is 9.59 Å². The molecule has 0 fully saturated rings. The second-order valence-electron chi connectivity index (χ2n) is 6.22. The lowest BCUT2D eigenvalue weighted by atomic mass is 10.1. The Labute approximate surface area is 175 Å². The summed E-state index contributed by atoms with van der Waals surface area (Å²) < 4.78 is 10.9. The van der Waals surface area contributed by atoms with E-state index in [1.807, 2.05) is 0 Å². The van der Waals surface area contributed by atoms with Crippen molar-refractivity contribution in [1.82, 2.24) is 15.2 Å². The lowest BCUT2D eigenvalue weighted by molar-refractivity contribution is -0.113. The molecular weight excluding hydrogens is 404 g/mol. The van der Waals surface area contributed by atoms with Gasteiger partial charge in [0.05, 0.1) is 18.3 Å². The highest BCUT2D eigenvalue weighted by atomic mass is 32.2. The SMILES string of the molecule is CC(=O)c1cccc(NC(=O)CSc2nnc(-c3ccco3)c(-c3ccco3)n2)c1. The Bertz CT molecular complexity index is 1170. The molecule has 1 N–H and O–H groups in total. The lowest BCUT2D eigenvalue weighted by Crippen LogP contribution is -2.14. The minimum atomic E-state index is -0.251. The van der Waals surface area contributed by atoms with E-state index in [0.29, 0.717) is 39.3 Å². The smallest absolute Gasteiger partial charge is 0.234 e. The number of nitrogens with zero attached hydrogens (tertiary/aromatic N) is 3. The van der Waals surface area contributed by atoms with E-state index in [0.717, 1.165) is 11.8 Å². The quantitative estimate of drug-likeness (QED) is 0.347. The van der Waals surface area contributed by atoms with Crippen LogP contribution in [0.2, 0.25) is 0 Å². The van der Waals surface area contributed by atoms with Crippen molar-refractivity contribution in [3.05, 3.63) is 66.6 Å². The number of furan rings is 2. The van der Waals surface area contributed by atoms with Crippen LogP contribution < -0.4 is 5.32 Å². The summed E-state index contributed by atoms with van der Waals surface area (Å²) in [5.41, 5.74) is 2.01. The van der Waals surface area contributed by atoms with Crippen molar-refractivity contribution >= 4 is 29.1 Å². The maximum absolute atomic E-state index is 12.3. The molecule has 1 amide bonds. The number of benzene rings is 1. The number of carbonyl (C=O) groups excluding carboxylic acids is 2. The van der Waals surface area contributed by atoms with Crippen molar-refractivity contribution < 1.29 is 18.4 Å². The average molecular weight is 420 g/mol. The molecule has 0 aliphatic rings. The third-order valence-electron chi connectivity index (χ3n) is 4.06. The van der Waals surface area contributed by atoms with E-state index >= 15 is 0 Å². The number of carbonyl (C=O) groups is 2. The van der Waals surface area contributed by atoms with Gasteiger partial charge in [-0.2, -0.15) is 0 Å². The molecule has 0 atom stereocenters. The van der Waals surface area contributed by atoms with Gasteiger partial charge < -0.3 is 14.2 Å². The van der Waals surface area contributed by atoms with Crippen LogP contribution in [-0.4, -0.2) is 32.6 Å². The minimum Gasteiger partial charge on any atom is -0.463 e. The maximum Gasteiger partial charge on any atom is 0.234 e.